The van der Waals surface area contributed by atoms with Gasteiger partial charge in [0.1, 0.15) is 17.0 Å². The highest BCUT2D eigenvalue weighted by Gasteiger charge is 2.56. The maximum Gasteiger partial charge on any atom is 0.408 e. The zero-order chi connectivity index (χ0) is 33.1. The summed E-state index contributed by atoms with van der Waals surface area (Å²) in [4.78, 5) is 61.4. The predicted octanol–water partition coefficient (Wildman–Crippen LogP) is 5.13. The Hall–Kier alpha value is -4.90. The normalized spacial score (nSPS) is 21.7. The number of hydrogen-bond acceptors (Lipinski definition) is 8. The van der Waals surface area contributed by atoms with Gasteiger partial charge in [-0.3, -0.25) is 14.6 Å². The molecule has 0 spiro atoms. The summed E-state index contributed by atoms with van der Waals surface area (Å²) in [6, 6.07) is 22.3. The van der Waals surface area contributed by atoms with Gasteiger partial charge in [-0.25, -0.2) is 9.59 Å². The van der Waals surface area contributed by atoms with E-state index in [9.17, 15) is 19.2 Å². The molecule has 2 fully saturated rings. The van der Waals surface area contributed by atoms with Gasteiger partial charge in [0.05, 0.1) is 12.2 Å². The van der Waals surface area contributed by atoms with E-state index in [1.807, 2.05) is 78.9 Å². The van der Waals surface area contributed by atoms with Crippen LogP contribution in [-0.2, 0) is 30.4 Å². The van der Waals surface area contributed by atoms with Crippen LogP contribution in [0, 0.1) is 0 Å². The van der Waals surface area contributed by atoms with E-state index >= 15 is 0 Å². The first-order chi connectivity index (χ1) is 22.6. The zero-order valence-electron chi connectivity index (χ0n) is 26.4. The topological polar surface area (TPSA) is 118 Å². The molecule has 3 aliphatic rings. The van der Waals surface area contributed by atoms with Crippen molar-refractivity contribution in [1.29, 1.82) is 0 Å². The molecule has 10 nitrogen and oxygen atoms in total. The van der Waals surface area contributed by atoms with E-state index in [4.69, 9.17) is 9.47 Å². The molecular weight excluding hydrogens is 616 g/mol. The molecule has 2 aromatic carbocycles. The molecule has 0 saturated carbocycles. The lowest BCUT2D eigenvalue weighted by molar-refractivity contribution is -0.164. The van der Waals surface area contributed by atoms with Crippen LogP contribution in [-0.4, -0.2) is 68.3 Å². The maximum absolute atomic E-state index is 14.3. The van der Waals surface area contributed by atoms with Crippen molar-refractivity contribution >= 4 is 35.6 Å². The van der Waals surface area contributed by atoms with E-state index in [1.165, 1.54) is 16.7 Å². The molecule has 6 rings (SSSR count). The summed E-state index contributed by atoms with van der Waals surface area (Å²) in [5.41, 5.74) is 2.58. The minimum atomic E-state index is -1.13. The van der Waals surface area contributed by atoms with Crippen LogP contribution in [0.3, 0.4) is 0 Å². The van der Waals surface area contributed by atoms with E-state index < -0.39 is 47.1 Å². The molecule has 3 aromatic rings. The number of fused-ring (bicyclic) bond motifs is 1. The van der Waals surface area contributed by atoms with Gasteiger partial charge in [-0.05, 0) is 67.5 Å². The molecule has 3 atom stereocenters. The maximum atomic E-state index is 14.3. The second kappa shape index (κ2) is 13.4. The molecule has 3 aliphatic heterocycles. The standard InChI is InChI=1S/C36H36N4O6S/c1-36(2,3)46-35(44)38-28-32(42)40-29(34(43)45-30(23-12-6-4-7-13-23)24-14-8-5-9-15-24)26(22-47-33(28)40)20-25-17-19-39(31(25)41)21-27-16-10-11-18-37-27/h4-16,18,20,22,28-30,33H,17,19,21H2,1-3H3,(H,38,44)/b25-20+/t28-,29-,33-/m1/s1. The van der Waals surface area contributed by atoms with E-state index in [-0.39, 0.29) is 5.91 Å². The monoisotopic (exact) mass is 652 g/mol. The average Bonchev–Trinajstić information content (AvgIpc) is 3.40. The number of amides is 3. The third-order valence-corrected chi connectivity index (χ3v) is 9.17. The highest BCUT2D eigenvalue weighted by Crippen LogP contribution is 2.42. The van der Waals surface area contributed by atoms with Crippen LogP contribution in [0.5, 0.6) is 0 Å². The van der Waals surface area contributed by atoms with Crippen molar-refractivity contribution in [3.8, 4) is 0 Å². The number of ether oxygens (including phenoxy) is 2. The van der Waals surface area contributed by atoms with Crippen molar-refractivity contribution < 1.29 is 28.7 Å². The van der Waals surface area contributed by atoms with Crippen LogP contribution in [0.15, 0.2) is 108 Å². The number of pyridine rings is 1. The molecule has 4 heterocycles. The Morgan fingerprint density at radius 3 is 2.28 bits per heavy atom. The van der Waals surface area contributed by atoms with Crippen molar-refractivity contribution in [2.75, 3.05) is 6.54 Å². The molecule has 0 radical (unpaired) electrons. The number of rotatable bonds is 8. The fourth-order valence-corrected chi connectivity index (χ4v) is 7.00. The lowest BCUT2D eigenvalue weighted by Gasteiger charge is -2.51. The number of carbonyl (C=O) groups is 4. The molecule has 1 aromatic heterocycles. The van der Waals surface area contributed by atoms with Crippen LogP contribution in [0.25, 0.3) is 0 Å². The summed E-state index contributed by atoms with van der Waals surface area (Å²) in [5, 5.41) is 3.88. The number of aromatic nitrogens is 1. The highest BCUT2D eigenvalue weighted by atomic mass is 32.2. The number of hydrogen-bond donors (Lipinski definition) is 1. The Labute approximate surface area is 277 Å². The first-order valence-electron chi connectivity index (χ1n) is 15.5. The fraction of sp³-hybridized carbons (Fsp3) is 0.306. The Kier molecular flexibility index (Phi) is 9.17. The number of benzene rings is 2. The average molecular weight is 653 g/mol. The third-order valence-electron chi connectivity index (χ3n) is 7.98. The number of alkyl carbamates (subject to hydrolysis) is 1. The summed E-state index contributed by atoms with van der Waals surface area (Å²) < 4.78 is 11.6. The Morgan fingerprint density at radius 1 is 1.00 bits per heavy atom. The second-order valence-electron chi connectivity index (χ2n) is 12.5. The van der Waals surface area contributed by atoms with Crippen LogP contribution in [0.1, 0.15) is 50.1 Å². The Morgan fingerprint density at radius 2 is 1.66 bits per heavy atom. The van der Waals surface area contributed by atoms with Gasteiger partial charge in [0.2, 0.25) is 11.8 Å². The van der Waals surface area contributed by atoms with Crippen LogP contribution < -0.4 is 5.32 Å². The minimum absolute atomic E-state index is 0.151. The van der Waals surface area contributed by atoms with Gasteiger partial charge >= 0.3 is 12.1 Å². The number of carbonyl (C=O) groups excluding carboxylic acids is 4. The number of thioether (sulfide) groups is 1. The van der Waals surface area contributed by atoms with E-state index in [0.29, 0.717) is 30.7 Å². The van der Waals surface area contributed by atoms with E-state index in [2.05, 4.69) is 10.3 Å². The number of esters is 1. The molecule has 1 N–H and O–H groups in total. The Bertz CT molecular complexity index is 1670. The number of likely N-dealkylation sites (tertiary alicyclic amines) is 1. The zero-order valence-corrected chi connectivity index (χ0v) is 27.2. The van der Waals surface area contributed by atoms with E-state index in [1.54, 1.807) is 43.4 Å². The highest BCUT2D eigenvalue weighted by molar-refractivity contribution is 8.03. The molecule has 3 amide bonds. The summed E-state index contributed by atoms with van der Waals surface area (Å²) in [7, 11) is 0. The van der Waals surface area contributed by atoms with Crippen LogP contribution >= 0.6 is 11.8 Å². The van der Waals surface area contributed by atoms with Crippen molar-refractivity contribution in [1.82, 2.24) is 20.1 Å². The van der Waals surface area contributed by atoms with Crippen molar-refractivity contribution in [3.05, 3.63) is 125 Å². The smallest absolute Gasteiger partial charge is 0.408 e. The van der Waals surface area contributed by atoms with E-state index in [0.717, 1.165) is 16.8 Å². The van der Waals surface area contributed by atoms with Crippen molar-refractivity contribution in [2.45, 2.75) is 62.9 Å². The van der Waals surface area contributed by atoms with Gasteiger partial charge in [0.25, 0.3) is 0 Å². The lowest BCUT2D eigenvalue weighted by atomic mass is 9.95. The van der Waals surface area contributed by atoms with Gasteiger partial charge in [-0.2, -0.15) is 0 Å². The molecule has 0 bridgehead atoms. The minimum Gasteiger partial charge on any atom is -0.451 e. The molecular formula is C36H36N4O6S. The lowest BCUT2D eigenvalue weighted by Crippen LogP contribution is -2.74. The number of nitrogens with zero attached hydrogens (tertiary/aromatic N) is 3. The van der Waals surface area contributed by atoms with Crippen molar-refractivity contribution in [2.24, 2.45) is 0 Å². The van der Waals surface area contributed by atoms with Gasteiger partial charge in [0, 0.05) is 18.3 Å². The summed E-state index contributed by atoms with van der Waals surface area (Å²) in [5.74, 6) is -1.23. The van der Waals surface area contributed by atoms with Gasteiger partial charge in [-0.1, -0.05) is 66.7 Å². The molecule has 0 aliphatic carbocycles. The largest absolute Gasteiger partial charge is 0.451 e. The SMILES string of the molecule is CC(C)(C)OC(=O)N[C@@H]1C(=O)N2[C@@H](C(=O)OC(c3ccccc3)c3ccccc3)C(/C=C3\CCN(Cc4ccccn4)C3=O)=CS[C@H]12. The molecule has 47 heavy (non-hydrogen) atoms. The third kappa shape index (κ3) is 7.10. The molecule has 0 unspecified atom stereocenters. The van der Waals surface area contributed by atoms with Gasteiger partial charge in [-0.15, -0.1) is 11.8 Å². The number of nitrogens with one attached hydrogen (secondary N) is 1. The first-order valence-corrected chi connectivity index (χ1v) is 16.4. The molecule has 2 saturated heterocycles. The predicted molar refractivity (Wildman–Crippen MR) is 176 cm³/mol. The summed E-state index contributed by atoms with van der Waals surface area (Å²) in [6.07, 6.45) is 2.42. The second-order valence-corrected chi connectivity index (χ2v) is 13.5. The van der Waals surface area contributed by atoms with Gasteiger partial charge in [0.15, 0.2) is 12.1 Å². The Balaban J connectivity index is 1.29. The van der Waals surface area contributed by atoms with Crippen LogP contribution in [0.4, 0.5) is 4.79 Å². The van der Waals surface area contributed by atoms with Gasteiger partial charge < -0.3 is 24.6 Å². The summed E-state index contributed by atoms with van der Waals surface area (Å²) >= 11 is 1.30. The number of β-lactam (4-membered cyclic amide) rings is 1. The summed E-state index contributed by atoms with van der Waals surface area (Å²) in [6.45, 7) is 6.10. The van der Waals surface area contributed by atoms with Crippen molar-refractivity contribution in [3.63, 3.8) is 0 Å². The molecule has 11 heteroatoms. The van der Waals surface area contributed by atoms with Crippen LogP contribution in [0.2, 0.25) is 0 Å². The quantitative estimate of drug-likeness (QED) is 0.202. The fourth-order valence-electron chi connectivity index (χ4n) is 5.81. The molecule has 242 valence electrons. The first kappa shape index (κ1) is 32.1.